The zero-order valence-electron chi connectivity index (χ0n) is 19.3. The maximum atomic E-state index is 11.5. The summed E-state index contributed by atoms with van der Waals surface area (Å²) in [4.78, 5) is 10.5. The van der Waals surface area contributed by atoms with E-state index < -0.39 is 5.60 Å². The first-order valence-corrected chi connectivity index (χ1v) is 12.1. The standard InChI is InChI=1S/C28H35N3O/c1-20-7-5-8-21(17-20)24-18-23-13-12-22(24)19-28(23,32)14-16-31(2)15-6-11-27-29-25-9-3-4-10-26(25)30-27/h3-5,7-10,17-18,22-23,32H,6,11-16,19H2,1-2H3,(H,29,30)/t22-,23-,28+/m1/s1. The predicted octanol–water partition coefficient (Wildman–Crippen LogP) is 5.37. The Balaban J connectivity index is 1.14. The highest BCUT2D eigenvalue weighted by molar-refractivity contribution is 5.74. The summed E-state index contributed by atoms with van der Waals surface area (Å²) in [7, 11) is 2.18. The summed E-state index contributed by atoms with van der Waals surface area (Å²) in [5.74, 6) is 1.84. The van der Waals surface area contributed by atoms with Crippen molar-refractivity contribution < 1.29 is 5.11 Å². The minimum absolute atomic E-state index is 0.284. The van der Waals surface area contributed by atoms with Crippen molar-refractivity contribution >= 4 is 16.6 Å². The lowest BCUT2D eigenvalue weighted by Gasteiger charge is -2.48. The Bertz CT molecular complexity index is 1080. The average molecular weight is 430 g/mol. The number of allylic oxidation sites excluding steroid dienone is 1. The molecule has 6 rings (SSSR count). The van der Waals surface area contributed by atoms with Crippen LogP contribution in [-0.4, -0.2) is 45.7 Å². The number of aromatic amines is 1. The number of aliphatic hydroxyl groups is 1. The zero-order chi connectivity index (χ0) is 22.1. The number of rotatable bonds is 8. The van der Waals surface area contributed by atoms with Crippen LogP contribution in [0.5, 0.6) is 0 Å². The summed E-state index contributed by atoms with van der Waals surface area (Å²) in [5, 5.41) is 11.5. The van der Waals surface area contributed by atoms with E-state index in [0.717, 1.165) is 62.1 Å². The molecule has 32 heavy (non-hydrogen) atoms. The van der Waals surface area contributed by atoms with Gasteiger partial charge in [-0.25, -0.2) is 4.98 Å². The van der Waals surface area contributed by atoms with E-state index in [4.69, 9.17) is 0 Å². The topological polar surface area (TPSA) is 52.1 Å². The fraction of sp³-hybridized carbons (Fsp3) is 0.464. The molecule has 0 aliphatic heterocycles. The first kappa shape index (κ1) is 21.4. The second-order valence-electron chi connectivity index (χ2n) is 10.0. The maximum Gasteiger partial charge on any atom is 0.107 e. The number of para-hydroxylation sites is 2. The number of imidazole rings is 1. The minimum Gasteiger partial charge on any atom is -0.389 e. The first-order chi connectivity index (χ1) is 15.5. The summed E-state index contributed by atoms with van der Waals surface area (Å²) in [6.07, 6.45) is 8.51. The molecule has 1 saturated carbocycles. The number of hydrogen-bond donors (Lipinski definition) is 2. The molecule has 1 aromatic heterocycles. The molecule has 2 aromatic carbocycles. The van der Waals surface area contributed by atoms with Gasteiger partial charge in [0.25, 0.3) is 0 Å². The maximum absolute atomic E-state index is 11.5. The minimum atomic E-state index is -0.552. The normalized spacial score (nSPS) is 24.9. The monoisotopic (exact) mass is 429 g/mol. The lowest BCUT2D eigenvalue weighted by atomic mass is 9.61. The van der Waals surface area contributed by atoms with Crippen LogP contribution < -0.4 is 0 Å². The van der Waals surface area contributed by atoms with Crippen molar-refractivity contribution in [3.63, 3.8) is 0 Å². The number of hydrogen-bond acceptors (Lipinski definition) is 3. The van der Waals surface area contributed by atoms with Gasteiger partial charge in [0.05, 0.1) is 16.6 Å². The number of benzene rings is 2. The molecule has 0 saturated heterocycles. The smallest absolute Gasteiger partial charge is 0.107 e. The van der Waals surface area contributed by atoms with E-state index >= 15 is 0 Å². The number of fused-ring (bicyclic) bond motifs is 3. The van der Waals surface area contributed by atoms with Crippen LogP contribution in [0.25, 0.3) is 16.6 Å². The third kappa shape index (κ3) is 4.39. The van der Waals surface area contributed by atoms with Crippen LogP contribution in [0.15, 0.2) is 54.6 Å². The van der Waals surface area contributed by atoms with Crippen LogP contribution >= 0.6 is 0 Å². The Morgan fingerprint density at radius 1 is 1.12 bits per heavy atom. The average Bonchev–Trinajstić information content (AvgIpc) is 3.21. The SMILES string of the molecule is Cc1cccc(C2=C[C@H]3CC[C@@H]2C[C@@]3(O)CCN(C)CCCc2nc3ccccc3[nH]2)c1. The van der Waals surface area contributed by atoms with Crippen LogP contribution in [0.3, 0.4) is 0 Å². The fourth-order valence-corrected chi connectivity index (χ4v) is 5.77. The number of aromatic nitrogens is 2. The molecule has 3 aliphatic rings. The largest absolute Gasteiger partial charge is 0.389 e. The van der Waals surface area contributed by atoms with Gasteiger partial charge in [0.15, 0.2) is 0 Å². The van der Waals surface area contributed by atoms with Gasteiger partial charge in [-0.3, -0.25) is 0 Å². The summed E-state index contributed by atoms with van der Waals surface area (Å²) >= 11 is 0. The van der Waals surface area contributed by atoms with Gasteiger partial charge in [-0.2, -0.15) is 0 Å². The molecular weight excluding hydrogens is 394 g/mol. The van der Waals surface area contributed by atoms with Crippen molar-refractivity contribution in [2.75, 3.05) is 20.1 Å². The first-order valence-electron chi connectivity index (χ1n) is 12.1. The van der Waals surface area contributed by atoms with E-state index in [1.54, 1.807) is 0 Å². The number of nitrogens with zero attached hydrogens (tertiary/aromatic N) is 2. The van der Waals surface area contributed by atoms with Gasteiger partial charge >= 0.3 is 0 Å². The van der Waals surface area contributed by atoms with E-state index in [1.807, 2.05) is 12.1 Å². The van der Waals surface area contributed by atoms with Crippen molar-refractivity contribution in [1.82, 2.24) is 14.9 Å². The molecule has 0 radical (unpaired) electrons. The van der Waals surface area contributed by atoms with Crippen molar-refractivity contribution in [1.29, 1.82) is 0 Å². The Morgan fingerprint density at radius 3 is 2.78 bits per heavy atom. The van der Waals surface area contributed by atoms with Gasteiger partial charge in [0.2, 0.25) is 0 Å². The summed E-state index contributed by atoms with van der Waals surface area (Å²) in [6, 6.07) is 17.0. The lowest BCUT2D eigenvalue weighted by molar-refractivity contribution is -0.0574. The molecule has 3 aromatic rings. The highest BCUT2D eigenvalue weighted by atomic mass is 16.3. The molecule has 3 aliphatic carbocycles. The van der Waals surface area contributed by atoms with Gasteiger partial charge in [-0.15, -0.1) is 0 Å². The molecule has 1 heterocycles. The summed E-state index contributed by atoms with van der Waals surface area (Å²) < 4.78 is 0. The van der Waals surface area contributed by atoms with Gasteiger partial charge in [-0.1, -0.05) is 48.0 Å². The summed E-state index contributed by atoms with van der Waals surface area (Å²) in [6.45, 7) is 4.12. The van der Waals surface area contributed by atoms with Gasteiger partial charge < -0.3 is 15.0 Å². The van der Waals surface area contributed by atoms with E-state index in [-0.39, 0.29) is 5.92 Å². The van der Waals surface area contributed by atoms with Crippen molar-refractivity contribution in [3.8, 4) is 0 Å². The molecule has 0 spiro atoms. The van der Waals surface area contributed by atoms with E-state index in [0.29, 0.717) is 5.92 Å². The fourth-order valence-electron chi connectivity index (χ4n) is 5.77. The highest BCUT2D eigenvalue weighted by Gasteiger charge is 2.46. The number of H-pyrrole nitrogens is 1. The van der Waals surface area contributed by atoms with E-state index in [9.17, 15) is 5.11 Å². The van der Waals surface area contributed by atoms with Gasteiger partial charge in [-0.05, 0) is 81.8 Å². The Hall–Kier alpha value is -2.43. The molecule has 0 amide bonds. The van der Waals surface area contributed by atoms with Crippen LogP contribution in [0, 0.1) is 18.8 Å². The third-order valence-electron chi connectivity index (χ3n) is 7.61. The van der Waals surface area contributed by atoms with E-state index in [1.165, 1.54) is 23.1 Å². The van der Waals surface area contributed by atoms with Crippen LogP contribution in [0.1, 0.15) is 49.1 Å². The van der Waals surface area contributed by atoms with E-state index in [2.05, 4.69) is 71.3 Å². The molecule has 2 N–H and O–H groups in total. The Labute approximate surface area is 191 Å². The van der Waals surface area contributed by atoms with Crippen molar-refractivity contribution in [3.05, 3.63) is 71.6 Å². The molecule has 4 nitrogen and oxygen atoms in total. The zero-order valence-corrected chi connectivity index (χ0v) is 19.3. The molecule has 0 unspecified atom stereocenters. The molecule has 4 heteroatoms. The Kier molecular flexibility index (Phi) is 5.92. The molecule has 1 fully saturated rings. The van der Waals surface area contributed by atoms with Crippen molar-refractivity contribution in [2.24, 2.45) is 11.8 Å². The highest BCUT2D eigenvalue weighted by Crippen LogP contribution is 2.51. The van der Waals surface area contributed by atoms with Gasteiger partial charge in [0.1, 0.15) is 5.82 Å². The van der Waals surface area contributed by atoms with Gasteiger partial charge in [0, 0.05) is 18.9 Å². The second-order valence-corrected chi connectivity index (χ2v) is 10.0. The third-order valence-corrected chi connectivity index (χ3v) is 7.61. The lowest BCUT2D eigenvalue weighted by Crippen LogP contribution is -2.48. The Morgan fingerprint density at radius 2 is 2.00 bits per heavy atom. The number of nitrogens with one attached hydrogen (secondary N) is 1. The number of aryl methyl sites for hydroxylation is 2. The van der Waals surface area contributed by atoms with Crippen LogP contribution in [-0.2, 0) is 6.42 Å². The molecule has 2 bridgehead atoms. The molecule has 3 atom stereocenters. The van der Waals surface area contributed by atoms with Crippen LogP contribution in [0.4, 0.5) is 0 Å². The molecular formula is C28H35N3O. The second kappa shape index (κ2) is 8.84. The van der Waals surface area contributed by atoms with Crippen LogP contribution in [0.2, 0.25) is 0 Å². The quantitative estimate of drug-likeness (QED) is 0.506. The summed E-state index contributed by atoms with van der Waals surface area (Å²) in [5.41, 5.74) is 5.73. The van der Waals surface area contributed by atoms with Crippen molar-refractivity contribution in [2.45, 2.75) is 51.0 Å². The predicted molar refractivity (Wildman–Crippen MR) is 131 cm³/mol. The molecule has 168 valence electrons.